The lowest BCUT2D eigenvalue weighted by atomic mass is 9.87. The van der Waals surface area contributed by atoms with Gasteiger partial charge in [0.25, 0.3) is 5.91 Å². The van der Waals surface area contributed by atoms with E-state index in [-0.39, 0.29) is 16.7 Å². The molecule has 0 bridgehead atoms. The average molecular weight is 421 g/mol. The third kappa shape index (κ3) is 6.45. The van der Waals surface area contributed by atoms with Crippen LogP contribution in [0, 0.1) is 11.3 Å². The van der Waals surface area contributed by atoms with Crippen LogP contribution < -0.4 is 14.8 Å². The quantitative estimate of drug-likeness (QED) is 0.305. The maximum absolute atomic E-state index is 12.6. The lowest BCUT2D eigenvalue weighted by molar-refractivity contribution is -0.117. The molecule has 2 aromatic carbocycles. The van der Waals surface area contributed by atoms with Crippen molar-refractivity contribution >= 4 is 18.0 Å². The van der Waals surface area contributed by atoms with Crippen LogP contribution in [0.25, 0.3) is 6.08 Å². The van der Waals surface area contributed by atoms with E-state index < -0.39 is 11.9 Å². The fourth-order valence-corrected chi connectivity index (χ4v) is 2.77. The molecule has 31 heavy (non-hydrogen) atoms. The van der Waals surface area contributed by atoms with Gasteiger partial charge in [0.2, 0.25) is 0 Å². The van der Waals surface area contributed by atoms with Gasteiger partial charge in [-0.1, -0.05) is 45.9 Å². The third-order valence-electron chi connectivity index (χ3n) is 4.59. The van der Waals surface area contributed by atoms with Gasteiger partial charge in [-0.25, -0.2) is 4.79 Å². The molecule has 0 spiro atoms. The van der Waals surface area contributed by atoms with Crippen molar-refractivity contribution in [2.45, 2.75) is 39.5 Å². The Balaban J connectivity index is 2.21. The Morgan fingerprint density at radius 1 is 1.10 bits per heavy atom. The lowest BCUT2D eigenvalue weighted by Gasteiger charge is -2.19. The first-order valence-corrected chi connectivity index (χ1v) is 10.1. The molecule has 0 radical (unpaired) electrons. The van der Waals surface area contributed by atoms with Crippen molar-refractivity contribution in [2.24, 2.45) is 0 Å². The smallest absolute Gasteiger partial charge is 0.343 e. The summed E-state index contributed by atoms with van der Waals surface area (Å²) in [5.41, 5.74) is 2.10. The number of amides is 1. The lowest BCUT2D eigenvalue weighted by Crippen LogP contribution is -2.25. The van der Waals surface area contributed by atoms with Gasteiger partial charge >= 0.3 is 5.97 Å². The van der Waals surface area contributed by atoms with E-state index in [1.54, 1.807) is 30.3 Å². The third-order valence-corrected chi connectivity index (χ3v) is 4.59. The van der Waals surface area contributed by atoms with Gasteiger partial charge in [0, 0.05) is 6.54 Å². The van der Waals surface area contributed by atoms with E-state index >= 15 is 0 Å². The van der Waals surface area contributed by atoms with E-state index in [0.29, 0.717) is 23.4 Å². The Morgan fingerprint density at radius 3 is 2.32 bits per heavy atom. The molecule has 0 saturated carbocycles. The molecule has 2 aromatic rings. The molecule has 2 rings (SSSR count). The summed E-state index contributed by atoms with van der Waals surface area (Å²) in [5.74, 6) is -0.366. The topological polar surface area (TPSA) is 88.4 Å². The Hall–Kier alpha value is -3.59. The number of methoxy groups -OCH3 is 1. The van der Waals surface area contributed by atoms with Crippen molar-refractivity contribution in [1.82, 2.24) is 5.32 Å². The molecule has 0 atom stereocenters. The van der Waals surface area contributed by atoms with Crippen molar-refractivity contribution in [1.29, 1.82) is 5.26 Å². The summed E-state index contributed by atoms with van der Waals surface area (Å²) in [4.78, 5) is 24.6. The van der Waals surface area contributed by atoms with Crippen molar-refractivity contribution in [3.63, 3.8) is 0 Å². The monoisotopic (exact) mass is 420 g/mol. The molecular weight excluding hydrogens is 392 g/mol. The second-order valence-corrected chi connectivity index (χ2v) is 8.05. The van der Waals surface area contributed by atoms with Gasteiger partial charge in [-0.3, -0.25) is 4.79 Å². The Morgan fingerprint density at radius 2 is 1.77 bits per heavy atom. The van der Waals surface area contributed by atoms with E-state index in [2.05, 4.69) is 26.1 Å². The highest BCUT2D eigenvalue weighted by Crippen LogP contribution is 2.30. The molecule has 0 aromatic heterocycles. The van der Waals surface area contributed by atoms with Gasteiger partial charge in [0.1, 0.15) is 11.6 Å². The molecular formula is C25H28N2O4. The zero-order valence-electron chi connectivity index (χ0n) is 18.6. The number of benzene rings is 2. The normalized spacial score (nSPS) is 11.4. The minimum absolute atomic E-state index is 0.00920. The molecule has 1 N–H and O–H groups in total. The highest BCUT2D eigenvalue weighted by molar-refractivity contribution is 6.01. The number of nitrogens with zero attached hydrogens (tertiary/aromatic N) is 1. The predicted octanol–water partition coefficient (Wildman–Crippen LogP) is 4.65. The Kier molecular flexibility index (Phi) is 7.98. The van der Waals surface area contributed by atoms with Crippen LogP contribution in [-0.2, 0) is 10.2 Å². The van der Waals surface area contributed by atoms with E-state index in [0.717, 1.165) is 12.0 Å². The highest BCUT2D eigenvalue weighted by atomic mass is 16.6. The number of nitriles is 1. The summed E-state index contributed by atoms with van der Waals surface area (Å²) in [5, 5.41) is 11.9. The minimum Gasteiger partial charge on any atom is -0.493 e. The first-order valence-electron chi connectivity index (χ1n) is 10.1. The number of rotatable bonds is 7. The van der Waals surface area contributed by atoms with Gasteiger partial charge in [0.15, 0.2) is 11.5 Å². The van der Waals surface area contributed by atoms with E-state index in [4.69, 9.17) is 9.47 Å². The Labute approximate surface area is 183 Å². The Bertz CT molecular complexity index is 1010. The van der Waals surface area contributed by atoms with E-state index in [1.807, 2.05) is 25.1 Å². The van der Waals surface area contributed by atoms with Gasteiger partial charge in [-0.15, -0.1) is 0 Å². The van der Waals surface area contributed by atoms with E-state index in [1.165, 1.54) is 13.2 Å². The molecule has 162 valence electrons. The number of nitrogens with one attached hydrogen (secondary N) is 1. The number of carbonyl (C=O) groups is 2. The van der Waals surface area contributed by atoms with Gasteiger partial charge in [0.05, 0.1) is 12.7 Å². The van der Waals surface area contributed by atoms with Gasteiger partial charge in [-0.2, -0.15) is 5.26 Å². The van der Waals surface area contributed by atoms with Crippen molar-refractivity contribution < 1.29 is 19.1 Å². The zero-order chi connectivity index (χ0) is 23.0. The molecule has 0 aliphatic carbocycles. The molecule has 0 aliphatic heterocycles. The predicted molar refractivity (Wildman–Crippen MR) is 120 cm³/mol. The zero-order valence-corrected chi connectivity index (χ0v) is 18.6. The van der Waals surface area contributed by atoms with Crippen LogP contribution in [0.4, 0.5) is 0 Å². The number of esters is 1. The summed E-state index contributed by atoms with van der Waals surface area (Å²) in [6, 6.07) is 14.0. The number of hydrogen-bond acceptors (Lipinski definition) is 5. The molecule has 6 heteroatoms. The van der Waals surface area contributed by atoms with Crippen LogP contribution >= 0.6 is 0 Å². The van der Waals surface area contributed by atoms with Crippen LogP contribution in [0.5, 0.6) is 11.5 Å². The standard InChI is InChI=1S/C25H28N2O4/c1-6-13-27-23(28)19(16-26)14-17-7-12-21(22(15-17)30-5)31-24(29)18-8-10-20(11-9-18)25(2,3)4/h7-12,14-15H,6,13H2,1-5H3,(H,27,28)/b19-14+. The van der Waals surface area contributed by atoms with E-state index in [9.17, 15) is 14.9 Å². The number of hydrogen-bond donors (Lipinski definition) is 1. The van der Waals surface area contributed by atoms with Crippen molar-refractivity contribution in [3.8, 4) is 17.6 Å². The molecule has 0 aliphatic rings. The summed E-state index contributed by atoms with van der Waals surface area (Å²) in [6.45, 7) is 8.73. The maximum atomic E-state index is 12.6. The first-order chi connectivity index (χ1) is 14.7. The molecule has 0 heterocycles. The summed E-state index contributed by atoms with van der Waals surface area (Å²) in [7, 11) is 1.46. The SMILES string of the molecule is CCCNC(=O)/C(C#N)=C/c1ccc(OC(=O)c2ccc(C(C)(C)C)cc2)c(OC)c1. The average Bonchev–Trinajstić information content (AvgIpc) is 2.75. The van der Waals surface area contributed by atoms with Crippen molar-refractivity contribution in [2.75, 3.05) is 13.7 Å². The highest BCUT2D eigenvalue weighted by Gasteiger charge is 2.17. The van der Waals surface area contributed by atoms with Gasteiger partial charge in [-0.05, 0) is 53.3 Å². The van der Waals surface area contributed by atoms with Gasteiger partial charge < -0.3 is 14.8 Å². The summed E-state index contributed by atoms with van der Waals surface area (Å²) < 4.78 is 10.8. The fourth-order valence-electron chi connectivity index (χ4n) is 2.77. The van der Waals surface area contributed by atoms with Crippen LogP contribution in [0.15, 0.2) is 48.0 Å². The van der Waals surface area contributed by atoms with Crippen molar-refractivity contribution in [3.05, 3.63) is 64.7 Å². The fraction of sp³-hybridized carbons (Fsp3) is 0.320. The first kappa shape index (κ1) is 23.7. The number of carbonyl (C=O) groups excluding carboxylic acids is 2. The van der Waals surface area contributed by atoms with Crippen LogP contribution in [0.2, 0.25) is 0 Å². The molecule has 6 nitrogen and oxygen atoms in total. The second-order valence-electron chi connectivity index (χ2n) is 8.05. The minimum atomic E-state index is -0.501. The largest absolute Gasteiger partial charge is 0.493 e. The molecule has 1 amide bonds. The van der Waals surface area contributed by atoms with Crippen LogP contribution in [-0.4, -0.2) is 25.5 Å². The van der Waals surface area contributed by atoms with Crippen LogP contribution in [0.1, 0.15) is 55.6 Å². The summed E-state index contributed by atoms with van der Waals surface area (Å²) in [6.07, 6.45) is 2.24. The number of ether oxygens (including phenoxy) is 2. The molecule has 0 saturated heterocycles. The molecule has 0 fully saturated rings. The van der Waals surface area contributed by atoms with Crippen LogP contribution in [0.3, 0.4) is 0 Å². The summed E-state index contributed by atoms with van der Waals surface area (Å²) >= 11 is 0. The second kappa shape index (κ2) is 10.4. The molecule has 0 unspecified atom stereocenters. The maximum Gasteiger partial charge on any atom is 0.343 e.